The molecule has 2 heterocycles. The average Bonchev–Trinajstić information content (AvgIpc) is 2.91. The highest BCUT2D eigenvalue weighted by Gasteiger charge is 2.20. The molecule has 0 unspecified atom stereocenters. The Labute approximate surface area is 220 Å². The molecule has 0 radical (unpaired) electrons. The third kappa shape index (κ3) is 5.68. The Bertz CT molecular complexity index is 1460. The first-order valence-electron chi connectivity index (χ1n) is 11.5. The summed E-state index contributed by atoms with van der Waals surface area (Å²) < 4.78 is 20.6. The Morgan fingerprint density at radius 3 is 2.51 bits per heavy atom. The van der Waals surface area contributed by atoms with E-state index in [0.29, 0.717) is 58.7 Å². The van der Waals surface area contributed by atoms with Crippen LogP contribution in [0.15, 0.2) is 71.5 Å². The van der Waals surface area contributed by atoms with Gasteiger partial charge in [-0.3, -0.25) is 10.1 Å². The fraction of sp³-hybridized carbons (Fsp3) is 0.154. The van der Waals surface area contributed by atoms with Gasteiger partial charge in [-0.2, -0.15) is 0 Å². The van der Waals surface area contributed by atoms with E-state index in [1.54, 1.807) is 48.5 Å². The maximum Gasteiger partial charge on any atom is 0.326 e. The van der Waals surface area contributed by atoms with Crippen LogP contribution in [0, 0.1) is 5.82 Å². The molecule has 188 valence electrons. The number of carbonyl (C=O) groups excluding carboxylic acids is 2. The van der Waals surface area contributed by atoms with Crippen LogP contribution < -0.4 is 20.9 Å². The topological polar surface area (TPSA) is 108 Å². The summed E-state index contributed by atoms with van der Waals surface area (Å²) in [5.41, 5.74) is 2.37. The van der Waals surface area contributed by atoms with Crippen molar-refractivity contribution in [2.24, 2.45) is 0 Å². The number of halogens is 2. The molecule has 4 aromatic rings. The lowest BCUT2D eigenvalue weighted by Crippen LogP contribution is -2.38. The zero-order chi connectivity index (χ0) is 25.8. The number of nitrogens with zero attached hydrogens (tertiary/aromatic N) is 3. The summed E-state index contributed by atoms with van der Waals surface area (Å²) in [6.07, 6.45) is 1.39. The maximum atomic E-state index is 14.5. The minimum atomic E-state index is -0.687. The van der Waals surface area contributed by atoms with Gasteiger partial charge in [0.1, 0.15) is 18.0 Å². The van der Waals surface area contributed by atoms with Crippen molar-refractivity contribution >= 4 is 61.7 Å². The monoisotopic (exact) mass is 564 g/mol. The number of benzene rings is 3. The largest absolute Gasteiger partial charge is 0.378 e. The number of hydrogen-bond acceptors (Lipinski definition) is 7. The van der Waals surface area contributed by atoms with Crippen molar-refractivity contribution in [2.75, 3.05) is 41.8 Å². The van der Waals surface area contributed by atoms with Gasteiger partial charge < -0.3 is 20.3 Å². The van der Waals surface area contributed by atoms with Crippen molar-refractivity contribution in [1.29, 1.82) is 0 Å². The molecule has 0 aliphatic carbocycles. The molecule has 3 amide bonds. The number of ether oxygens (including phenoxy) is 1. The van der Waals surface area contributed by atoms with Crippen LogP contribution in [0.1, 0.15) is 10.4 Å². The van der Waals surface area contributed by atoms with E-state index in [0.717, 1.165) is 5.69 Å². The van der Waals surface area contributed by atoms with Gasteiger partial charge in [-0.05, 0) is 42.5 Å². The summed E-state index contributed by atoms with van der Waals surface area (Å²) >= 11 is 3.25. The highest BCUT2D eigenvalue weighted by molar-refractivity contribution is 9.10. The lowest BCUT2D eigenvalue weighted by Gasteiger charge is -2.31. The molecular weight excluding hydrogens is 543 g/mol. The Hall–Kier alpha value is -4.09. The van der Waals surface area contributed by atoms with Gasteiger partial charge in [0.2, 0.25) is 0 Å². The van der Waals surface area contributed by atoms with E-state index in [4.69, 9.17) is 4.74 Å². The van der Waals surface area contributed by atoms with Crippen LogP contribution in [-0.2, 0) is 4.74 Å². The second-order valence-corrected chi connectivity index (χ2v) is 9.15. The molecule has 0 bridgehead atoms. The highest BCUT2D eigenvalue weighted by atomic mass is 79.9. The Morgan fingerprint density at radius 1 is 0.973 bits per heavy atom. The number of urea groups is 1. The molecule has 37 heavy (non-hydrogen) atoms. The Balaban J connectivity index is 1.49. The van der Waals surface area contributed by atoms with Crippen LogP contribution in [0.4, 0.5) is 32.1 Å². The summed E-state index contributed by atoms with van der Waals surface area (Å²) in [6, 6.07) is 16.0. The van der Waals surface area contributed by atoms with E-state index >= 15 is 0 Å². The van der Waals surface area contributed by atoms with Crippen LogP contribution in [0.3, 0.4) is 0 Å². The normalized spacial score (nSPS) is 13.3. The van der Waals surface area contributed by atoms with Crippen LogP contribution in [-0.4, -0.2) is 48.2 Å². The van der Waals surface area contributed by atoms with Gasteiger partial charge in [-0.25, -0.2) is 19.2 Å². The molecule has 1 fully saturated rings. The van der Waals surface area contributed by atoms with E-state index in [1.165, 1.54) is 12.4 Å². The molecule has 3 N–H and O–H groups in total. The lowest BCUT2D eigenvalue weighted by molar-refractivity contribution is 0.0967. The Morgan fingerprint density at radius 2 is 1.76 bits per heavy atom. The quantitative estimate of drug-likeness (QED) is 0.310. The summed E-state index contributed by atoms with van der Waals surface area (Å²) in [6.45, 7) is 2.31. The zero-order valence-electron chi connectivity index (χ0n) is 19.5. The summed E-state index contributed by atoms with van der Waals surface area (Å²) in [7, 11) is 0. The predicted octanol–water partition coefficient (Wildman–Crippen LogP) is 5.07. The van der Waals surface area contributed by atoms with Gasteiger partial charge in [0.15, 0.2) is 0 Å². The number of anilines is 4. The van der Waals surface area contributed by atoms with Crippen molar-refractivity contribution in [1.82, 2.24) is 15.3 Å². The molecule has 1 saturated heterocycles. The first kappa shape index (κ1) is 24.6. The molecule has 3 aromatic carbocycles. The SMILES string of the molecule is O=C(NC(=O)c1ccccc1)Nc1cc2c(Nc3ccc(Br)cc3F)ncnc2cc1N1CCOCC1. The first-order valence-corrected chi connectivity index (χ1v) is 12.3. The number of amides is 3. The van der Waals surface area contributed by atoms with E-state index in [2.05, 4.69) is 46.7 Å². The van der Waals surface area contributed by atoms with Gasteiger partial charge >= 0.3 is 6.03 Å². The molecule has 1 aliphatic rings. The number of aromatic nitrogens is 2. The fourth-order valence-electron chi connectivity index (χ4n) is 3.99. The summed E-state index contributed by atoms with van der Waals surface area (Å²) in [5, 5.41) is 8.72. The van der Waals surface area contributed by atoms with Crippen LogP contribution in [0.5, 0.6) is 0 Å². The van der Waals surface area contributed by atoms with Gasteiger partial charge in [-0.15, -0.1) is 0 Å². The van der Waals surface area contributed by atoms with Gasteiger partial charge in [0, 0.05) is 28.5 Å². The second-order valence-electron chi connectivity index (χ2n) is 8.23. The zero-order valence-corrected chi connectivity index (χ0v) is 21.1. The number of rotatable bonds is 5. The molecule has 0 saturated carbocycles. The smallest absolute Gasteiger partial charge is 0.326 e. The standard InChI is InChI=1S/C26H22BrFN6O3/c27-17-6-7-20(19(28)12-17)31-24-18-13-22(32-26(36)33-25(35)16-4-2-1-3-5-16)23(14-21(18)29-15-30-24)34-8-10-37-11-9-34/h1-7,12-15H,8-11H2,(H,29,30,31)(H2,32,33,35,36). The minimum Gasteiger partial charge on any atom is -0.378 e. The molecule has 1 aromatic heterocycles. The number of morpholine rings is 1. The van der Waals surface area contributed by atoms with E-state index in [-0.39, 0.29) is 5.69 Å². The molecular formula is C26H22BrFN6O3. The van der Waals surface area contributed by atoms with E-state index in [9.17, 15) is 14.0 Å². The number of imide groups is 1. The minimum absolute atomic E-state index is 0.237. The van der Waals surface area contributed by atoms with E-state index in [1.807, 2.05) is 6.07 Å². The van der Waals surface area contributed by atoms with Crippen LogP contribution in [0.2, 0.25) is 0 Å². The lowest BCUT2D eigenvalue weighted by atomic mass is 10.1. The second kappa shape index (κ2) is 10.9. The van der Waals surface area contributed by atoms with Gasteiger partial charge in [0.25, 0.3) is 5.91 Å². The van der Waals surface area contributed by atoms with Crippen LogP contribution >= 0.6 is 15.9 Å². The average molecular weight is 565 g/mol. The molecule has 5 rings (SSSR count). The third-order valence-electron chi connectivity index (χ3n) is 5.80. The van der Waals surface area contributed by atoms with Crippen molar-refractivity contribution < 1.29 is 18.7 Å². The molecule has 11 heteroatoms. The van der Waals surface area contributed by atoms with Crippen molar-refractivity contribution in [2.45, 2.75) is 0 Å². The number of fused-ring (bicyclic) bond motifs is 1. The fourth-order valence-corrected chi connectivity index (χ4v) is 4.33. The Kier molecular flexibility index (Phi) is 7.24. The third-order valence-corrected chi connectivity index (χ3v) is 6.29. The molecule has 0 atom stereocenters. The number of hydrogen-bond donors (Lipinski definition) is 3. The summed E-state index contributed by atoms with van der Waals surface area (Å²) in [5.74, 6) is -0.616. The highest BCUT2D eigenvalue weighted by Crippen LogP contribution is 2.35. The predicted molar refractivity (Wildman–Crippen MR) is 143 cm³/mol. The van der Waals surface area contributed by atoms with Crippen molar-refractivity contribution in [3.63, 3.8) is 0 Å². The van der Waals surface area contributed by atoms with Crippen LogP contribution in [0.25, 0.3) is 10.9 Å². The molecule has 0 spiro atoms. The van der Waals surface area contributed by atoms with Crippen molar-refractivity contribution in [3.05, 3.63) is 82.8 Å². The number of nitrogens with one attached hydrogen (secondary N) is 3. The number of carbonyl (C=O) groups is 2. The first-order chi connectivity index (χ1) is 18.0. The van der Waals surface area contributed by atoms with Gasteiger partial charge in [-0.1, -0.05) is 34.1 Å². The van der Waals surface area contributed by atoms with Crippen molar-refractivity contribution in [3.8, 4) is 0 Å². The summed E-state index contributed by atoms with van der Waals surface area (Å²) in [4.78, 5) is 36.1. The maximum absolute atomic E-state index is 14.5. The molecule has 1 aliphatic heterocycles. The van der Waals surface area contributed by atoms with E-state index < -0.39 is 17.8 Å². The molecule has 9 nitrogen and oxygen atoms in total. The van der Waals surface area contributed by atoms with Gasteiger partial charge in [0.05, 0.1) is 35.8 Å².